The van der Waals surface area contributed by atoms with E-state index < -0.39 is 0 Å². The van der Waals surface area contributed by atoms with Crippen molar-refractivity contribution in [3.63, 3.8) is 0 Å². The van der Waals surface area contributed by atoms with E-state index in [1.54, 1.807) is 6.20 Å². The van der Waals surface area contributed by atoms with Crippen molar-refractivity contribution < 1.29 is 0 Å². The molecule has 0 radical (unpaired) electrons. The zero-order valence-corrected chi connectivity index (χ0v) is 15.0. The van der Waals surface area contributed by atoms with Crippen LogP contribution in [0.3, 0.4) is 0 Å². The molecule has 3 N–H and O–H groups in total. The first-order chi connectivity index (χ1) is 11.6. The van der Waals surface area contributed by atoms with E-state index in [0.717, 1.165) is 58.1 Å². The number of piperidine rings is 1. The van der Waals surface area contributed by atoms with Gasteiger partial charge in [-0.25, -0.2) is 4.98 Å². The number of pyridine rings is 2. The molecule has 124 valence electrons. The number of rotatable bonds is 2. The van der Waals surface area contributed by atoms with Crippen molar-refractivity contribution in [3.8, 4) is 0 Å². The van der Waals surface area contributed by atoms with Crippen LogP contribution in [0, 0.1) is 6.92 Å². The van der Waals surface area contributed by atoms with Crippen molar-refractivity contribution in [3.05, 3.63) is 44.8 Å². The minimum absolute atomic E-state index is 0.0999. The average molecular weight is 387 g/mol. The summed E-state index contributed by atoms with van der Waals surface area (Å²) in [7, 11) is 0. The summed E-state index contributed by atoms with van der Waals surface area (Å²) >= 11 is 3.52. The van der Waals surface area contributed by atoms with Crippen LogP contribution in [0.4, 0.5) is 5.82 Å². The molecule has 0 aliphatic carbocycles. The number of nitrogens with one attached hydrogen (secondary N) is 3. The summed E-state index contributed by atoms with van der Waals surface area (Å²) < 4.78 is 0.952. The molecule has 5 nitrogen and oxygen atoms in total. The van der Waals surface area contributed by atoms with Gasteiger partial charge in [0.05, 0.1) is 10.9 Å². The Morgan fingerprint density at radius 2 is 2.21 bits per heavy atom. The van der Waals surface area contributed by atoms with E-state index in [4.69, 9.17) is 4.98 Å². The van der Waals surface area contributed by atoms with Crippen LogP contribution in [-0.2, 0) is 0 Å². The number of nitrogens with zero attached hydrogens (tertiary/aromatic N) is 1. The summed E-state index contributed by atoms with van der Waals surface area (Å²) in [5.41, 5.74) is 1.63. The second-order valence-electron chi connectivity index (χ2n) is 6.36. The smallest absolute Gasteiger partial charge is 0.258 e. The number of hydrogen-bond acceptors (Lipinski definition) is 4. The molecule has 0 spiro atoms. The van der Waals surface area contributed by atoms with Gasteiger partial charge in [0.15, 0.2) is 0 Å². The van der Waals surface area contributed by atoms with Gasteiger partial charge in [-0.2, -0.15) is 0 Å². The largest absolute Gasteiger partial charge is 0.366 e. The third-order valence-corrected chi connectivity index (χ3v) is 5.12. The zero-order valence-electron chi connectivity index (χ0n) is 13.4. The Labute approximate surface area is 148 Å². The van der Waals surface area contributed by atoms with Crippen molar-refractivity contribution in [1.82, 2.24) is 15.3 Å². The molecule has 3 heterocycles. The average Bonchev–Trinajstić information content (AvgIpc) is 2.59. The summed E-state index contributed by atoms with van der Waals surface area (Å²) in [6.45, 7) is 3.98. The van der Waals surface area contributed by atoms with Gasteiger partial charge in [-0.3, -0.25) is 4.79 Å². The molecule has 0 amide bonds. The van der Waals surface area contributed by atoms with Gasteiger partial charge in [0.1, 0.15) is 5.82 Å². The lowest BCUT2D eigenvalue weighted by molar-refractivity contribution is 0.479. The number of hydrogen-bond donors (Lipinski definition) is 3. The van der Waals surface area contributed by atoms with Crippen LogP contribution in [0.25, 0.3) is 21.7 Å². The van der Waals surface area contributed by atoms with Gasteiger partial charge >= 0.3 is 0 Å². The molecule has 2 aromatic heterocycles. The number of H-pyrrole nitrogens is 1. The molecule has 0 saturated carbocycles. The molecule has 1 fully saturated rings. The van der Waals surface area contributed by atoms with Crippen molar-refractivity contribution >= 4 is 43.4 Å². The molecular weight excluding hydrogens is 368 g/mol. The Bertz CT molecular complexity index is 976. The maximum Gasteiger partial charge on any atom is 0.258 e. The highest BCUT2D eigenvalue weighted by Gasteiger charge is 2.17. The van der Waals surface area contributed by atoms with E-state index in [9.17, 15) is 4.79 Å². The van der Waals surface area contributed by atoms with E-state index in [-0.39, 0.29) is 5.56 Å². The van der Waals surface area contributed by atoms with E-state index in [1.807, 2.05) is 25.1 Å². The number of halogens is 1. The van der Waals surface area contributed by atoms with Gasteiger partial charge in [0, 0.05) is 34.0 Å². The third kappa shape index (κ3) is 2.70. The molecule has 4 rings (SSSR count). The van der Waals surface area contributed by atoms with Crippen LogP contribution in [-0.4, -0.2) is 29.1 Å². The highest BCUT2D eigenvalue weighted by atomic mass is 79.9. The molecule has 1 atom stereocenters. The van der Waals surface area contributed by atoms with Crippen LogP contribution in [0.2, 0.25) is 0 Å². The van der Waals surface area contributed by atoms with Crippen LogP contribution in [0.1, 0.15) is 18.4 Å². The minimum Gasteiger partial charge on any atom is -0.366 e. The number of aromatic amines is 1. The van der Waals surface area contributed by atoms with Crippen LogP contribution in [0.5, 0.6) is 0 Å². The molecule has 1 aliphatic rings. The molecular formula is C18H19BrN4O. The fourth-order valence-electron chi connectivity index (χ4n) is 3.39. The molecule has 24 heavy (non-hydrogen) atoms. The Balaban J connectivity index is 1.98. The predicted octanol–water partition coefficient (Wildman–Crippen LogP) is 3.31. The van der Waals surface area contributed by atoms with E-state index in [2.05, 4.69) is 31.5 Å². The Morgan fingerprint density at radius 3 is 3.00 bits per heavy atom. The normalized spacial score (nSPS) is 18.2. The highest BCUT2D eigenvalue weighted by molar-refractivity contribution is 9.10. The fourth-order valence-corrected chi connectivity index (χ4v) is 3.75. The third-order valence-electron chi connectivity index (χ3n) is 4.62. The van der Waals surface area contributed by atoms with Crippen molar-refractivity contribution in [2.45, 2.75) is 25.8 Å². The predicted molar refractivity (Wildman–Crippen MR) is 102 cm³/mol. The summed E-state index contributed by atoms with van der Waals surface area (Å²) in [6, 6.07) is 6.37. The maximum absolute atomic E-state index is 12.4. The number of benzene rings is 1. The first-order valence-electron chi connectivity index (χ1n) is 8.22. The van der Waals surface area contributed by atoms with E-state index in [1.165, 1.54) is 0 Å². The van der Waals surface area contributed by atoms with Gasteiger partial charge in [0.25, 0.3) is 5.56 Å². The number of aromatic nitrogens is 2. The van der Waals surface area contributed by atoms with Crippen LogP contribution in [0.15, 0.2) is 33.7 Å². The van der Waals surface area contributed by atoms with Gasteiger partial charge in [-0.05, 0) is 50.1 Å². The fraction of sp³-hybridized carbons (Fsp3) is 0.333. The van der Waals surface area contributed by atoms with Gasteiger partial charge in [-0.15, -0.1) is 0 Å². The van der Waals surface area contributed by atoms with Gasteiger partial charge in [0.2, 0.25) is 0 Å². The number of fused-ring (bicyclic) bond motifs is 3. The van der Waals surface area contributed by atoms with E-state index >= 15 is 0 Å². The van der Waals surface area contributed by atoms with Gasteiger partial charge < -0.3 is 15.6 Å². The summed E-state index contributed by atoms with van der Waals surface area (Å²) in [4.78, 5) is 20.0. The Hall–Kier alpha value is -1.92. The quantitative estimate of drug-likeness (QED) is 0.590. The Kier molecular flexibility index (Phi) is 4.02. The molecule has 0 bridgehead atoms. The van der Waals surface area contributed by atoms with Crippen molar-refractivity contribution in [2.24, 2.45) is 0 Å². The van der Waals surface area contributed by atoms with Crippen molar-refractivity contribution in [2.75, 3.05) is 18.4 Å². The second kappa shape index (κ2) is 6.18. The monoisotopic (exact) mass is 386 g/mol. The summed E-state index contributed by atoms with van der Waals surface area (Å²) in [5.74, 6) is 0.854. The molecule has 1 aromatic carbocycles. The first kappa shape index (κ1) is 15.6. The van der Waals surface area contributed by atoms with Crippen molar-refractivity contribution in [1.29, 1.82) is 0 Å². The molecule has 1 unspecified atom stereocenters. The van der Waals surface area contributed by atoms with E-state index in [0.29, 0.717) is 11.4 Å². The SMILES string of the molecule is Cc1c[nH]c(=O)c2c1nc(NC1CCCNC1)c1ccc(Br)cc12. The highest BCUT2D eigenvalue weighted by Crippen LogP contribution is 2.31. The number of aryl methyl sites for hydroxylation is 1. The second-order valence-corrected chi connectivity index (χ2v) is 7.28. The van der Waals surface area contributed by atoms with Crippen LogP contribution >= 0.6 is 15.9 Å². The first-order valence-corrected chi connectivity index (χ1v) is 9.01. The minimum atomic E-state index is -0.0999. The lowest BCUT2D eigenvalue weighted by Gasteiger charge is -2.25. The lowest BCUT2D eigenvalue weighted by atomic mass is 10.0. The summed E-state index contributed by atoms with van der Waals surface area (Å²) in [6.07, 6.45) is 4.01. The summed E-state index contributed by atoms with van der Waals surface area (Å²) in [5, 5.41) is 9.55. The Morgan fingerprint density at radius 1 is 1.33 bits per heavy atom. The van der Waals surface area contributed by atoms with Gasteiger partial charge in [-0.1, -0.05) is 15.9 Å². The topological polar surface area (TPSA) is 69.8 Å². The molecule has 3 aromatic rings. The molecule has 6 heteroatoms. The number of anilines is 1. The lowest BCUT2D eigenvalue weighted by Crippen LogP contribution is -2.38. The molecule has 1 aliphatic heterocycles. The molecule has 1 saturated heterocycles. The van der Waals surface area contributed by atoms with Crippen LogP contribution < -0.4 is 16.2 Å². The zero-order chi connectivity index (χ0) is 16.7. The standard InChI is InChI=1S/C18H19BrN4O/c1-10-8-21-18(24)15-14-7-11(19)4-5-13(14)17(23-16(10)15)22-12-3-2-6-20-9-12/h4-5,7-8,12,20H,2-3,6,9H2,1H3,(H,21,24)(H,22,23). The maximum atomic E-state index is 12.4.